The molecule has 0 nitrogen and oxygen atoms in total. The van der Waals surface area contributed by atoms with Crippen molar-refractivity contribution in [3.05, 3.63) is 82.2 Å². The van der Waals surface area contributed by atoms with Gasteiger partial charge in [0.1, 0.15) is 0 Å². The lowest BCUT2D eigenvalue weighted by Crippen LogP contribution is -2.25. The molecule has 0 radical (unpaired) electrons. The minimum atomic E-state index is 1.29. The van der Waals surface area contributed by atoms with Crippen LogP contribution in [0.2, 0.25) is 0 Å². The van der Waals surface area contributed by atoms with Gasteiger partial charge in [0.2, 0.25) is 0 Å². The van der Waals surface area contributed by atoms with Crippen LogP contribution in [0.25, 0.3) is 22.4 Å². The third-order valence-electron chi connectivity index (χ3n) is 4.05. The van der Waals surface area contributed by atoms with Crippen molar-refractivity contribution in [3.63, 3.8) is 0 Å². The highest BCUT2D eigenvalue weighted by Crippen LogP contribution is 2.21. The van der Waals surface area contributed by atoms with Gasteiger partial charge in [-0.25, -0.2) is 0 Å². The van der Waals surface area contributed by atoms with Crippen LogP contribution in [0.15, 0.2) is 60.7 Å². The van der Waals surface area contributed by atoms with Crippen LogP contribution < -0.4 is 10.4 Å². The normalized spacial score (nSPS) is 11.9. The Labute approximate surface area is 126 Å². The highest BCUT2D eigenvalue weighted by atomic mass is 14.0. The Hall–Kier alpha value is -2.34. The molecule has 0 bridgehead atoms. The van der Waals surface area contributed by atoms with Gasteiger partial charge in [-0.2, -0.15) is 0 Å². The summed E-state index contributed by atoms with van der Waals surface area (Å²) in [6, 6.07) is 21.6. The molecule has 104 valence electrons. The van der Waals surface area contributed by atoms with Gasteiger partial charge in [0.05, 0.1) is 0 Å². The summed E-state index contributed by atoms with van der Waals surface area (Å²) >= 11 is 0. The molecule has 0 N–H and O–H groups in total. The zero-order chi connectivity index (χ0) is 14.8. The molecular weight excluding hydrogens is 252 g/mol. The smallest absolute Gasteiger partial charge is 0.0149 e. The van der Waals surface area contributed by atoms with E-state index in [1.54, 1.807) is 0 Å². The van der Waals surface area contributed by atoms with Gasteiger partial charge in [-0.15, -0.1) is 0 Å². The van der Waals surface area contributed by atoms with E-state index in [0.717, 1.165) is 0 Å². The molecule has 0 amide bonds. The number of aryl methyl sites for hydroxylation is 1. The van der Waals surface area contributed by atoms with Gasteiger partial charge >= 0.3 is 0 Å². The minimum absolute atomic E-state index is 1.29. The minimum Gasteiger partial charge on any atom is -0.0686 e. The molecule has 0 heteroatoms. The molecule has 3 rings (SSSR count). The predicted molar refractivity (Wildman–Crippen MR) is 92.7 cm³/mol. The lowest BCUT2D eigenvalue weighted by atomic mass is 9.99. The van der Waals surface area contributed by atoms with Crippen molar-refractivity contribution in [1.29, 1.82) is 0 Å². The summed E-state index contributed by atoms with van der Waals surface area (Å²) in [4.78, 5) is 0. The molecule has 0 aliphatic carbocycles. The van der Waals surface area contributed by atoms with E-state index in [2.05, 4.69) is 87.5 Å². The van der Waals surface area contributed by atoms with E-state index in [0.29, 0.717) is 0 Å². The second-order valence-electron chi connectivity index (χ2n) is 5.73. The van der Waals surface area contributed by atoms with Crippen LogP contribution in [0, 0.1) is 6.92 Å². The monoisotopic (exact) mass is 272 g/mol. The summed E-state index contributed by atoms with van der Waals surface area (Å²) in [6.45, 7) is 6.54. The second-order valence-corrected chi connectivity index (χ2v) is 5.73. The fourth-order valence-electron chi connectivity index (χ4n) is 2.85. The van der Waals surface area contributed by atoms with Gasteiger partial charge in [0, 0.05) is 0 Å². The Bertz CT molecular complexity index is 910. The summed E-state index contributed by atoms with van der Waals surface area (Å²) in [5.41, 5.74) is 3.99. The molecule has 21 heavy (non-hydrogen) atoms. The molecular formula is C21H20. The molecule has 0 aliphatic rings. The zero-order valence-corrected chi connectivity index (χ0v) is 12.9. The van der Waals surface area contributed by atoms with Crippen molar-refractivity contribution in [1.82, 2.24) is 0 Å². The summed E-state index contributed by atoms with van der Waals surface area (Å²) < 4.78 is 0. The molecule has 3 aromatic rings. The zero-order valence-electron chi connectivity index (χ0n) is 12.9. The maximum Gasteiger partial charge on any atom is -0.0149 e. The quantitative estimate of drug-likeness (QED) is 0.624. The van der Waals surface area contributed by atoms with Crippen molar-refractivity contribution in [3.8, 4) is 0 Å². The molecule has 0 saturated carbocycles. The summed E-state index contributed by atoms with van der Waals surface area (Å²) in [7, 11) is 0. The first-order chi connectivity index (χ1) is 10.2. The van der Waals surface area contributed by atoms with E-state index in [1.165, 1.54) is 37.9 Å². The van der Waals surface area contributed by atoms with Gasteiger partial charge in [-0.3, -0.25) is 0 Å². The van der Waals surface area contributed by atoms with Gasteiger partial charge in [-0.05, 0) is 59.2 Å². The summed E-state index contributed by atoms with van der Waals surface area (Å²) in [5, 5.41) is 5.25. The third kappa shape index (κ3) is 2.62. The topological polar surface area (TPSA) is 0 Å². The SMILES string of the molecule is CC(C)=c1cccc/c1=C/c1ccc2ccccc2c1C. The largest absolute Gasteiger partial charge is 0.0686 e. The molecule has 0 heterocycles. The van der Waals surface area contributed by atoms with Crippen molar-refractivity contribution in [2.75, 3.05) is 0 Å². The highest BCUT2D eigenvalue weighted by molar-refractivity contribution is 5.88. The van der Waals surface area contributed by atoms with Crippen LogP contribution in [0.5, 0.6) is 0 Å². The first-order valence-corrected chi connectivity index (χ1v) is 7.39. The number of benzene rings is 3. The first kappa shape index (κ1) is 13.6. The highest BCUT2D eigenvalue weighted by Gasteiger charge is 2.00. The Balaban J connectivity index is 2.31. The molecule has 0 fully saturated rings. The van der Waals surface area contributed by atoms with Crippen LogP contribution in [0.3, 0.4) is 0 Å². The van der Waals surface area contributed by atoms with Gasteiger partial charge < -0.3 is 0 Å². The van der Waals surface area contributed by atoms with E-state index >= 15 is 0 Å². The number of hydrogen-bond acceptors (Lipinski definition) is 0. The molecule has 0 unspecified atom stereocenters. The van der Waals surface area contributed by atoms with Crippen molar-refractivity contribution < 1.29 is 0 Å². The average molecular weight is 272 g/mol. The van der Waals surface area contributed by atoms with Gasteiger partial charge in [-0.1, -0.05) is 66.2 Å². The molecule has 0 aromatic heterocycles. The number of rotatable bonds is 1. The number of hydrogen-bond donors (Lipinski definition) is 0. The lowest BCUT2D eigenvalue weighted by molar-refractivity contribution is 1.42. The van der Waals surface area contributed by atoms with Crippen molar-refractivity contribution in [2.24, 2.45) is 0 Å². The fourth-order valence-corrected chi connectivity index (χ4v) is 2.85. The van der Waals surface area contributed by atoms with Gasteiger partial charge in [0.25, 0.3) is 0 Å². The van der Waals surface area contributed by atoms with Crippen LogP contribution in [0.4, 0.5) is 0 Å². The number of fused-ring (bicyclic) bond motifs is 1. The second kappa shape index (κ2) is 5.57. The fraction of sp³-hybridized carbons (Fsp3) is 0.143. The molecule has 0 saturated heterocycles. The van der Waals surface area contributed by atoms with Crippen LogP contribution in [0.1, 0.15) is 25.0 Å². The Morgan fingerprint density at radius 3 is 2.33 bits per heavy atom. The summed E-state index contributed by atoms with van der Waals surface area (Å²) in [6.07, 6.45) is 2.30. The van der Waals surface area contributed by atoms with Crippen molar-refractivity contribution in [2.45, 2.75) is 20.8 Å². The van der Waals surface area contributed by atoms with E-state index in [4.69, 9.17) is 0 Å². The lowest BCUT2D eigenvalue weighted by Gasteiger charge is -2.06. The Morgan fingerprint density at radius 1 is 0.810 bits per heavy atom. The predicted octanol–water partition coefficient (Wildman–Crippen LogP) is 4.17. The molecule has 3 aromatic carbocycles. The summed E-state index contributed by atoms with van der Waals surface area (Å²) in [5.74, 6) is 0. The van der Waals surface area contributed by atoms with Crippen LogP contribution >= 0.6 is 0 Å². The Kier molecular flexibility index (Phi) is 3.62. The maximum atomic E-state index is 2.30. The van der Waals surface area contributed by atoms with Crippen LogP contribution in [-0.4, -0.2) is 0 Å². The Morgan fingerprint density at radius 2 is 1.52 bits per heavy atom. The van der Waals surface area contributed by atoms with Crippen molar-refractivity contribution >= 4 is 22.4 Å². The van der Waals surface area contributed by atoms with E-state index < -0.39 is 0 Å². The molecule has 0 atom stereocenters. The van der Waals surface area contributed by atoms with Crippen LogP contribution in [-0.2, 0) is 0 Å². The third-order valence-corrected chi connectivity index (χ3v) is 4.05. The molecule has 0 aliphatic heterocycles. The van der Waals surface area contributed by atoms with E-state index in [-0.39, 0.29) is 0 Å². The first-order valence-electron chi connectivity index (χ1n) is 7.39. The van der Waals surface area contributed by atoms with E-state index in [1.807, 2.05) is 0 Å². The van der Waals surface area contributed by atoms with Gasteiger partial charge in [0.15, 0.2) is 0 Å². The standard InChI is InChI=1S/C21H20/c1-15(2)20-10-6-5-9-19(20)14-18-13-12-17-8-4-7-11-21(17)16(18)3/h4-14H,1-3H3/b19-14-. The average Bonchev–Trinajstić information content (AvgIpc) is 2.51. The maximum absolute atomic E-state index is 2.30. The molecule has 0 spiro atoms. The van der Waals surface area contributed by atoms with E-state index in [9.17, 15) is 0 Å².